The maximum Gasteiger partial charge on any atom is 0.417 e. The Kier molecular flexibility index (Phi) is 3.80. The summed E-state index contributed by atoms with van der Waals surface area (Å²) >= 11 is 0. The van der Waals surface area contributed by atoms with Gasteiger partial charge in [0.15, 0.2) is 0 Å². The molecule has 6 heteroatoms. The number of amides is 1. The zero-order chi connectivity index (χ0) is 14.0. The van der Waals surface area contributed by atoms with E-state index in [9.17, 15) is 18.0 Å². The van der Waals surface area contributed by atoms with Crippen molar-refractivity contribution in [3.63, 3.8) is 0 Å². The SMILES string of the molecule is NCC1CCN(C(=O)c2ccccc2C(F)(F)F)C1. The highest BCUT2D eigenvalue weighted by molar-refractivity contribution is 5.96. The number of nitrogens with two attached hydrogens (primary N) is 1. The van der Waals surface area contributed by atoms with Crippen LogP contribution in [0, 0.1) is 5.92 Å². The molecule has 0 saturated carbocycles. The highest BCUT2D eigenvalue weighted by Crippen LogP contribution is 2.33. The predicted molar refractivity (Wildman–Crippen MR) is 64.5 cm³/mol. The van der Waals surface area contributed by atoms with Crippen molar-refractivity contribution in [2.75, 3.05) is 19.6 Å². The lowest BCUT2D eigenvalue weighted by Gasteiger charge is -2.19. The van der Waals surface area contributed by atoms with Crippen LogP contribution in [0.15, 0.2) is 24.3 Å². The molecule has 1 saturated heterocycles. The smallest absolute Gasteiger partial charge is 0.338 e. The predicted octanol–water partition coefficient (Wildman–Crippen LogP) is 2.13. The van der Waals surface area contributed by atoms with Crippen molar-refractivity contribution in [2.24, 2.45) is 11.7 Å². The standard InChI is InChI=1S/C13H15F3N2O/c14-13(15,16)11-4-2-1-3-10(11)12(19)18-6-5-9(7-17)8-18/h1-4,9H,5-8,17H2. The van der Waals surface area contributed by atoms with Crippen molar-refractivity contribution in [2.45, 2.75) is 12.6 Å². The lowest BCUT2D eigenvalue weighted by atomic mass is 10.1. The highest BCUT2D eigenvalue weighted by atomic mass is 19.4. The van der Waals surface area contributed by atoms with Crippen molar-refractivity contribution < 1.29 is 18.0 Å². The molecule has 19 heavy (non-hydrogen) atoms. The lowest BCUT2D eigenvalue weighted by molar-refractivity contribution is -0.138. The molecule has 0 radical (unpaired) electrons. The van der Waals surface area contributed by atoms with Crippen LogP contribution in [0.25, 0.3) is 0 Å². The monoisotopic (exact) mass is 272 g/mol. The van der Waals surface area contributed by atoms with Crippen molar-refractivity contribution in [3.8, 4) is 0 Å². The van der Waals surface area contributed by atoms with E-state index in [0.717, 1.165) is 12.5 Å². The first-order chi connectivity index (χ1) is 8.93. The minimum atomic E-state index is -4.51. The second-order valence-electron chi connectivity index (χ2n) is 4.68. The Balaban J connectivity index is 2.25. The van der Waals surface area contributed by atoms with Gasteiger partial charge in [0.2, 0.25) is 0 Å². The molecule has 1 aromatic rings. The molecule has 1 aliphatic rings. The third-order valence-electron chi connectivity index (χ3n) is 3.37. The number of hydrogen-bond acceptors (Lipinski definition) is 2. The number of nitrogens with zero attached hydrogens (tertiary/aromatic N) is 1. The fraction of sp³-hybridized carbons (Fsp3) is 0.462. The van der Waals surface area contributed by atoms with E-state index in [2.05, 4.69) is 0 Å². The van der Waals surface area contributed by atoms with Gasteiger partial charge in [0.05, 0.1) is 11.1 Å². The molecule has 0 aromatic heterocycles. The fourth-order valence-electron chi connectivity index (χ4n) is 2.30. The number of halogens is 3. The molecule has 104 valence electrons. The zero-order valence-corrected chi connectivity index (χ0v) is 10.3. The lowest BCUT2D eigenvalue weighted by Crippen LogP contribution is -2.31. The minimum absolute atomic E-state index is 0.182. The van der Waals surface area contributed by atoms with E-state index < -0.39 is 17.6 Å². The second kappa shape index (κ2) is 5.21. The largest absolute Gasteiger partial charge is 0.417 e. The Morgan fingerprint density at radius 1 is 1.37 bits per heavy atom. The minimum Gasteiger partial charge on any atom is -0.338 e. The van der Waals surface area contributed by atoms with Crippen LogP contribution in [-0.4, -0.2) is 30.4 Å². The summed E-state index contributed by atoms with van der Waals surface area (Å²) in [5.41, 5.74) is 4.35. The van der Waals surface area contributed by atoms with Crippen molar-refractivity contribution in [3.05, 3.63) is 35.4 Å². The van der Waals surface area contributed by atoms with E-state index in [4.69, 9.17) is 5.73 Å². The van der Waals surface area contributed by atoms with Gasteiger partial charge in [-0.25, -0.2) is 0 Å². The molecule has 1 atom stereocenters. The first kappa shape index (κ1) is 13.9. The van der Waals surface area contributed by atoms with Crippen LogP contribution in [0.4, 0.5) is 13.2 Å². The van der Waals surface area contributed by atoms with E-state index in [-0.39, 0.29) is 11.5 Å². The van der Waals surface area contributed by atoms with Gasteiger partial charge in [-0.15, -0.1) is 0 Å². The van der Waals surface area contributed by atoms with Crippen molar-refractivity contribution in [1.82, 2.24) is 4.90 Å². The van der Waals surface area contributed by atoms with Crippen LogP contribution in [0.5, 0.6) is 0 Å². The fourth-order valence-corrected chi connectivity index (χ4v) is 2.30. The number of likely N-dealkylation sites (tertiary alicyclic amines) is 1. The van der Waals surface area contributed by atoms with Crippen LogP contribution < -0.4 is 5.73 Å². The summed E-state index contributed by atoms with van der Waals surface area (Å²) in [7, 11) is 0. The van der Waals surface area contributed by atoms with E-state index in [1.807, 2.05) is 0 Å². The Labute approximate surface area is 109 Å². The third kappa shape index (κ3) is 2.89. The Bertz CT molecular complexity index is 473. The van der Waals surface area contributed by atoms with E-state index >= 15 is 0 Å². The normalized spacial score (nSPS) is 19.8. The maximum absolute atomic E-state index is 12.8. The van der Waals surface area contributed by atoms with Gasteiger partial charge < -0.3 is 10.6 Å². The van der Waals surface area contributed by atoms with Gasteiger partial charge in [0, 0.05) is 13.1 Å². The quantitative estimate of drug-likeness (QED) is 0.896. The second-order valence-corrected chi connectivity index (χ2v) is 4.68. The Morgan fingerprint density at radius 2 is 2.05 bits per heavy atom. The van der Waals surface area contributed by atoms with Gasteiger partial charge >= 0.3 is 6.18 Å². The van der Waals surface area contributed by atoms with Gasteiger partial charge in [-0.1, -0.05) is 12.1 Å². The van der Waals surface area contributed by atoms with Crippen LogP contribution in [0.3, 0.4) is 0 Å². The molecule has 1 aliphatic heterocycles. The summed E-state index contributed by atoms with van der Waals surface area (Å²) in [6, 6.07) is 4.88. The third-order valence-corrected chi connectivity index (χ3v) is 3.37. The molecule has 1 aromatic carbocycles. The number of alkyl halides is 3. The van der Waals surface area contributed by atoms with Gasteiger partial charge in [0.25, 0.3) is 5.91 Å². The van der Waals surface area contributed by atoms with E-state index in [1.54, 1.807) is 0 Å². The summed E-state index contributed by atoms with van der Waals surface area (Å²) in [4.78, 5) is 13.6. The number of carbonyl (C=O) groups excluding carboxylic acids is 1. The van der Waals surface area contributed by atoms with E-state index in [1.165, 1.54) is 23.1 Å². The Hall–Kier alpha value is -1.56. The molecule has 2 rings (SSSR count). The molecule has 0 bridgehead atoms. The Morgan fingerprint density at radius 3 is 2.63 bits per heavy atom. The summed E-state index contributed by atoms with van der Waals surface area (Å²) in [6.07, 6.45) is -3.77. The topological polar surface area (TPSA) is 46.3 Å². The van der Waals surface area contributed by atoms with Crippen LogP contribution >= 0.6 is 0 Å². The number of rotatable bonds is 2. The number of carbonyl (C=O) groups is 1. The van der Waals surface area contributed by atoms with Gasteiger partial charge in [0.1, 0.15) is 0 Å². The van der Waals surface area contributed by atoms with Crippen LogP contribution in [0.1, 0.15) is 22.3 Å². The first-order valence-corrected chi connectivity index (χ1v) is 6.09. The van der Waals surface area contributed by atoms with Crippen molar-refractivity contribution in [1.29, 1.82) is 0 Å². The highest BCUT2D eigenvalue weighted by Gasteiger charge is 2.36. The van der Waals surface area contributed by atoms with Crippen LogP contribution in [-0.2, 0) is 6.18 Å². The first-order valence-electron chi connectivity index (χ1n) is 6.09. The van der Waals surface area contributed by atoms with Gasteiger partial charge in [-0.05, 0) is 31.0 Å². The molecule has 3 nitrogen and oxygen atoms in total. The summed E-state index contributed by atoms with van der Waals surface area (Å²) < 4.78 is 38.5. The number of benzene rings is 1. The molecule has 2 N–H and O–H groups in total. The van der Waals surface area contributed by atoms with Gasteiger partial charge in [-0.2, -0.15) is 13.2 Å². The molecule has 0 aliphatic carbocycles. The summed E-state index contributed by atoms with van der Waals surface area (Å²) in [5, 5.41) is 0. The molecule has 1 unspecified atom stereocenters. The molecule has 1 amide bonds. The van der Waals surface area contributed by atoms with Crippen molar-refractivity contribution >= 4 is 5.91 Å². The van der Waals surface area contributed by atoms with Gasteiger partial charge in [-0.3, -0.25) is 4.79 Å². The molecule has 1 heterocycles. The average Bonchev–Trinajstić information content (AvgIpc) is 2.85. The molecular weight excluding hydrogens is 257 g/mol. The van der Waals surface area contributed by atoms with E-state index in [0.29, 0.717) is 19.6 Å². The summed E-state index contributed by atoms with van der Waals surface area (Å²) in [6.45, 7) is 1.35. The summed E-state index contributed by atoms with van der Waals surface area (Å²) in [5.74, 6) is -0.383. The molecule has 1 fully saturated rings. The van der Waals surface area contributed by atoms with Crippen LogP contribution in [0.2, 0.25) is 0 Å². The average molecular weight is 272 g/mol. The number of hydrogen-bond donors (Lipinski definition) is 1. The zero-order valence-electron chi connectivity index (χ0n) is 10.3. The maximum atomic E-state index is 12.8. The molecule has 0 spiro atoms. The molecular formula is C13H15F3N2O.